The lowest BCUT2D eigenvalue weighted by molar-refractivity contribution is 0.752. The van der Waals surface area contributed by atoms with Gasteiger partial charge in [-0.25, -0.2) is 9.67 Å². The van der Waals surface area contributed by atoms with Gasteiger partial charge in [0.1, 0.15) is 6.33 Å². The predicted molar refractivity (Wildman–Crippen MR) is 62.1 cm³/mol. The van der Waals surface area contributed by atoms with E-state index in [0.29, 0.717) is 5.78 Å². The summed E-state index contributed by atoms with van der Waals surface area (Å²) in [5, 5.41) is 8.62. The summed E-state index contributed by atoms with van der Waals surface area (Å²) in [7, 11) is 0. The summed E-state index contributed by atoms with van der Waals surface area (Å²) >= 11 is 0. The molecule has 0 N–H and O–H groups in total. The highest BCUT2D eigenvalue weighted by Gasteiger charge is 2.10. The second-order valence-corrected chi connectivity index (χ2v) is 4.07. The van der Waals surface area contributed by atoms with Gasteiger partial charge in [-0.15, -0.1) is 0 Å². The Morgan fingerprint density at radius 2 is 1.88 bits per heavy atom. The van der Waals surface area contributed by atoms with Gasteiger partial charge >= 0.3 is 0 Å². The molecule has 3 heterocycles. The van der Waals surface area contributed by atoms with E-state index in [1.54, 1.807) is 4.52 Å². The zero-order valence-corrected chi connectivity index (χ0v) is 9.92. The van der Waals surface area contributed by atoms with Crippen molar-refractivity contribution in [3.05, 3.63) is 35.5 Å². The average molecular weight is 228 g/mol. The standard InChI is InChI=1S/C11H12N6/c1-7-5-10(16-9(3)4-8(2)15-16)17-11(14-7)12-6-13-17/h4-6H,1-3H3. The van der Waals surface area contributed by atoms with Gasteiger partial charge in [0.25, 0.3) is 5.78 Å². The molecule has 3 rings (SSSR count). The molecule has 0 bridgehead atoms. The van der Waals surface area contributed by atoms with E-state index in [4.69, 9.17) is 0 Å². The Bertz CT molecular complexity index is 693. The molecule has 86 valence electrons. The second-order valence-electron chi connectivity index (χ2n) is 4.07. The number of fused-ring (bicyclic) bond motifs is 1. The van der Waals surface area contributed by atoms with Crippen LogP contribution in [-0.2, 0) is 0 Å². The SMILES string of the molecule is Cc1cc(-n2nc(C)cc2C)n2ncnc2n1. The van der Waals surface area contributed by atoms with E-state index < -0.39 is 0 Å². The monoisotopic (exact) mass is 228 g/mol. The molecule has 0 atom stereocenters. The highest BCUT2D eigenvalue weighted by molar-refractivity contribution is 5.38. The molecule has 0 radical (unpaired) electrons. The lowest BCUT2D eigenvalue weighted by Crippen LogP contribution is -2.08. The normalized spacial score (nSPS) is 11.2. The van der Waals surface area contributed by atoms with Crippen LogP contribution < -0.4 is 0 Å². The zero-order valence-electron chi connectivity index (χ0n) is 9.92. The third-order valence-corrected chi connectivity index (χ3v) is 2.59. The molecule has 0 amide bonds. The molecule has 0 aromatic carbocycles. The van der Waals surface area contributed by atoms with E-state index in [0.717, 1.165) is 22.9 Å². The highest BCUT2D eigenvalue weighted by Crippen LogP contribution is 2.13. The molecule has 0 aliphatic rings. The zero-order chi connectivity index (χ0) is 12.0. The highest BCUT2D eigenvalue weighted by atomic mass is 15.4. The van der Waals surface area contributed by atoms with Crippen LogP contribution in [0.15, 0.2) is 18.5 Å². The van der Waals surface area contributed by atoms with Gasteiger partial charge in [-0.05, 0) is 26.8 Å². The van der Waals surface area contributed by atoms with Crippen molar-refractivity contribution in [2.45, 2.75) is 20.8 Å². The molecule has 6 heteroatoms. The molecule has 0 unspecified atom stereocenters. The Morgan fingerprint density at radius 3 is 2.59 bits per heavy atom. The first-order valence-corrected chi connectivity index (χ1v) is 5.36. The maximum absolute atomic E-state index is 4.45. The van der Waals surface area contributed by atoms with E-state index in [2.05, 4.69) is 20.2 Å². The van der Waals surface area contributed by atoms with Crippen LogP contribution in [0.4, 0.5) is 0 Å². The first-order chi connectivity index (χ1) is 8.15. The van der Waals surface area contributed by atoms with Crippen LogP contribution >= 0.6 is 0 Å². The van der Waals surface area contributed by atoms with Crippen molar-refractivity contribution in [2.75, 3.05) is 0 Å². The fourth-order valence-electron chi connectivity index (χ4n) is 1.92. The van der Waals surface area contributed by atoms with Gasteiger partial charge in [-0.3, -0.25) is 0 Å². The molecule has 3 aromatic heterocycles. The van der Waals surface area contributed by atoms with Crippen molar-refractivity contribution in [1.82, 2.24) is 29.4 Å². The van der Waals surface area contributed by atoms with Crippen molar-refractivity contribution >= 4 is 5.78 Å². The largest absolute Gasteiger partial charge is 0.254 e. The number of nitrogens with zero attached hydrogens (tertiary/aromatic N) is 6. The lowest BCUT2D eigenvalue weighted by atomic mass is 10.4. The molecule has 0 fully saturated rings. The van der Waals surface area contributed by atoms with Crippen LogP contribution in [0.5, 0.6) is 0 Å². The first kappa shape index (κ1) is 9.95. The molecule has 0 spiro atoms. The van der Waals surface area contributed by atoms with Gasteiger partial charge in [0.15, 0.2) is 5.82 Å². The van der Waals surface area contributed by atoms with E-state index in [-0.39, 0.29) is 0 Å². The van der Waals surface area contributed by atoms with Gasteiger partial charge in [-0.2, -0.15) is 19.7 Å². The smallest absolute Gasteiger partial charge is 0.219 e. The Morgan fingerprint density at radius 1 is 1.06 bits per heavy atom. The van der Waals surface area contributed by atoms with E-state index in [9.17, 15) is 0 Å². The minimum atomic E-state index is 0.590. The van der Waals surface area contributed by atoms with Gasteiger partial charge in [0, 0.05) is 17.5 Å². The van der Waals surface area contributed by atoms with E-state index >= 15 is 0 Å². The van der Waals surface area contributed by atoms with Gasteiger partial charge < -0.3 is 0 Å². The third kappa shape index (κ3) is 1.49. The Hall–Kier alpha value is -2.24. The molecule has 0 aliphatic heterocycles. The van der Waals surface area contributed by atoms with Crippen LogP contribution in [0.3, 0.4) is 0 Å². The van der Waals surface area contributed by atoms with Crippen LogP contribution in [0, 0.1) is 20.8 Å². The quantitative estimate of drug-likeness (QED) is 0.628. The summed E-state index contributed by atoms with van der Waals surface area (Å²) in [4.78, 5) is 8.41. The van der Waals surface area contributed by atoms with Crippen molar-refractivity contribution in [3.8, 4) is 5.82 Å². The number of hydrogen-bond acceptors (Lipinski definition) is 4. The second kappa shape index (κ2) is 3.38. The van der Waals surface area contributed by atoms with E-state index in [1.165, 1.54) is 6.33 Å². The maximum atomic E-state index is 4.45. The molecular formula is C11H12N6. The van der Waals surface area contributed by atoms with E-state index in [1.807, 2.05) is 37.6 Å². The van der Waals surface area contributed by atoms with Gasteiger partial charge in [0.2, 0.25) is 0 Å². The minimum absolute atomic E-state index is 0.590. The third-order valence-electron chi connectivity index (χ3n) is 2.59. The Balaban J connectivity index is 2.36. The molecule has 6 nitrogen and oxygen atoms in total. The number of aromatic nitrogens is 6. The van der Waals surface area contributed by atoms with Crippen molar-refractivity contribution in [2.24, 2.45) is 0 Å². The van der Waals surface area contributed by atoms with Crippen molar-refractivity contribution < 1.29 is 0 Å². The first-order valence-electron chi connectivity index (χ1n) is 5.36. The summed E-state index contributed by atoms with van der Waals surface area (Å²) < 4.78 is 3.54. The molecule has 0 aliphatic carbocycles. The summed E-state index contributed by atoms with van der Waals surface area (Å²) in [5.74, 6) is 1.45. The fraction of sp³-hybridized carbons (Fsp3) is 0.273. The van der Waals surface area contributed by atoms with Gasteiger partial charge in [-0.1, -0.05) is 0 Å². The van der Waals surface area contributed by atoms with Crippen LogP contribution in [0.2, 0.25) is 0 Å². The Kier molecular flexibility index (Phi) is 1.98. The van der Waals surface area contributed by atoms with Gasteiger partial charge in [0.05, 0.1) is 5.69 Å². The summed E-state index contributed by atoms with van der Waals surface area (Å²) in [6.07, 6.45) is 1.50. The number of aryl methyl sites for hydroxylation is 3. The summed E-state index contributed by atoms with van der Waals surface area (Å²) in [6, 6.07) is 3.97. The average Bonchev–Trinajstić information content (AvgIpc) is 2.83. The summed E-state index contributed by atoms with van der Waals surface area (Å²) in [5.41, 5.74) is 2.93. The lowest BCUT2D eigenvalue weighted by Gasteiger charge is -2.06. The van der Waals surface area contributed by atoms with Crippen LogP contribution in [0.25, 0.3) is 11.6 Å². The van der Waals surface area contributed by atoms with Crippen molar-refractivity contribution in [1.29, 1.82) is 0 Å². The maximum Gasteiger partial charge on any atom is 0.254 e. The fourth-order valence-corrected chi connectivity index (χ4v) is 1.92. The molecule has 17 heavy (non-hydrogen) atoms. The predicted octanol–water partition coefficient (Wildman–Crippen LogP) is 1.24. The molecular weight excluding hydrogens is 216 g/mol. The number of hydrogen-bond donors (Lipinski definition) is 0. The number of rotatable bonds is 1. The van der Waals surface area contributed by atoms with Crippen LogP contribution in [0.1, 0.15) is 17.1 Å². The van der Waals surface area contributed by atoms with Crippen LogP contribution in [-0.4, -0.2) is 29.4 Å². The Labute approximate surface area is 97.9 Å². The molecule has 0 saturated heterocycles. The minimum Gasteiger partial charge on any atom is -0.219 e. The summed E-state index contributed by atoms with van der Waals surface area (Å²) in [6.45, 7) is 5.92. The topological polar surface area (TPSA) is 60.9 Å². The molecule has 0 saturated carbocycles. The molecule has 3 aromatic rings. The van der Waals surface area contributed by atoms with Crippen molar-refractivity contribution in [3.63, 3.8) is 0 Å².